The lowest BCUT2D eigenvalue weighted by Gasteiger charge is -2.72. The smallest absolute Gasteiger partial charge is 0.169 e. The van der Waals surface area contributed by atoms with Crippen LogP contribution in [-0.4, -0.2) is 60.9 Å². The molecule has 2 spiro atoms. The summed E-state index contributed by atoms with van der Waals surface area (Å²) in [5.74, 6) is 0.750. The van der Waals surface area contributed by atoms with Crippen LogP contribution in [-0.2, 0) is 19.4 Å². The molecule has 9 atom stereocenters. The summed E-state index contributed by atoms with van der Waals surface area (Å²) in [6.45, 7) is 1.25. The van der Waals surface area contributed by atoms with Crippen LogP contribution in [0.3, 0.4) is 0 Å². The largest absolute Gasteiger partial charge is 0.507 e. The summed E-state index contributed by atoms with van der Waals surface area (Å²) < 4.78 is 0. The Morgan fingerprint density at radius 1 is 0.721 bits per heavy atom. The number of nitrogens with one attached hydrogen (secondary N) is 1. The maximum atomic E-state index is 12.4. The van der Waals surface area contributed by atoms with Crippen LogP contribution < -0.4 is 5.32 Å². The first kappa shape index (κ1) is 38.8. The van der Waals surface area contributed by atoms with Gasteiger partial charge in [-0.15, -0.1) is 0 Å². The maximum Gasteiger partial charge on any atom is 0.169 e. The predicted molar refractivity (Wildman–Crippen MR) is 239 cm³/mol. The highest BCUT2D eigenvalue weighted by Crippen LogP contribution is 2.79. The lowest BCUT2D eigenvalue weighted by Crippen LogP contribution is -2.75. The second kappa shape index (κ2) is 14.5. The van der Waals surface area contributed by atoms with Gasteiger partial charge in [-0.2, -0.15) is 0 Å². The summed E-state index contributed by atoms with van der Waals surface area (Å²) in [6, 6.07) is 18.5. The van der Waals surface area contributed by atoms with Crippen LogP contribution in [0.1, 0.15) is 98.4 Å². The molecule has 9 nitrogen and oxygen atoms in total. The first-order chi connectivity index (χ1) is 29.7. The van der Waals surface area contributed by atoms with Gasteiger partial charge in [0.05, 0.1) is 22.9 Å². The van der Waals surface area contributed by atoms with Crippen molar-refractivity contribution in [3.05, 3.63) is 101 Å². The van der Waals surface area contributed by atoms with Gasteiger partial charge in [-0.25, -0.2) is 0 Å². The Hall–Kier alpha value is -5.12. The molecular formula is C52H57N3O6. The summed E-state index contributed by atoms with van der Waals surface area (Å²) in [7, 11) is 0. The number of hydrogen-bond donors (Lipinski definition) is 7. The fourth-order valence-corrected chi connectivity index (χ4v) is 15.1. The Kier molecular flexibility index (Phi) is 9.21. The summed E-state index contributed by atoms with van der Waals surface area (Å²) in [4.78, 5) is 10.5. The molecule has 5 fully saturated rings. The molecule has 316 valence electrons. The Morgan fingerprint density at radius 3 is 2.36 bits per heavy atom. The van der Waals surface area contributed by atoms with Gasteiger partial charge >= 0.3 is 0 Å². The number of aliphatic imine (C=N–C) groups is 2. The van der Waals surface area contributed by atoms with Crippen molar-refractivity contribution in [1.82, 2.24) is 5.32 Å². The number of nitrogens with zero attached hydrogens (tertiary/aromatic N) is 2. The van der Waals surface area contributed by atoms with Crippen LogP contribution in [0.15, 0.2) is 82.8 Å². The van der Waals surface area contributed by atoms with E-state index in [1.807, 2.05) is 6.08 Å². The van der Waals surface area contributed by atoms with Crippen molar-refractivity contribution >= 4 is 34.3 Å². The van der Waals surface area contributed by atoms with Crippen LogP contribution in [0.2, 0.25) is 0 Å². The van der Waals surface area contributed by atoms with Crippen molar-refractivity contribution in [2.45, 2.75) is 102 Å². The van der Waals surface area contributed by atoms with E-state index in [4.69, 9.17) is 9.98 Å². The molecule has 9 heteroatoms. The van der Waals surface area contributed by atoms with E-state index in [9.17, 15) is 30.6 Å². The Labute approximate surface area is 357 Å². The number of aryl methyl sites for hydroxylation is 1. The number of aliphatic hydroxyl groups is 1. The quantitative estimate of drug-likeness (QED) is 0.0530. The third-order valence-electron chi connectivity index (χ3n) is 17.3. The van der Waals surface area contributed by atoms with Crippen molar-refractivity contribution in [3.8, 4) is 28.7 Å². The highest BCUT2D eigenvalue weighted by molar-refractivity contribution is 6.46. The van der Waals surface area contributed by atoms with E-state index >= 15 is 0 Å². The number of rotatable bonds is 8. The van der Waals surface area contributed by atoms with Crippen LogP contribution in [0, 0.1) is 39.9 Å². The van der Waals surface area contributed by atoms with Gasteiger partial charge in [-0.1, -0.05) is 73.2 Å². The zero-order valence-electron chi connectivity index (χ0n) is 34.7. The number of hydrogen-bond acceptors (Lipinski definition) is 9. The van der Waals surface area contributed by atoms with Gasteiger partial charge < -0.3 is 36.0 Å². The second-order valence-corrected chi connectivity index (χ2v) is 19.5. The summed E-state index contributed by atoms with van der Waals surface area (Å²) in [5, 5.41) is 70.6. The molecule has 4 aromatic carbocycles. The van der Waals surface area contributed by atoms with E-state index in [1.54, 1.807) is 24.3 Å². The SMILES string of the molecule is Oc1ccc(C=Cc2c(CCc3ccc(CN[C@H]4CC[C@H]5CC[C@@H]6CCC7=NCN=C7[C@]47[C@H]4[C@@H](O)C=C[C@H]8CCC[C@]84CC[C@]567)cc3)c(O)c(O)c3c(O)cccc23)cc1O. The molecule has 1 aliphatic heterocycles. The summed E-state index contributed by atoms with van der Waals surface area (Å²) in [6.07, 6.45) is 21.9. The van der Waals surface area contributed by atoms with Crippen molar-refractivity contribution < 1.29 is 30.6 Å². The number of aliphatic hydroxyl groups excluding tert-OH is 1. The van der Waals surface area contributed by atoms with Gasteiger partial charge in [-0.3, -0.25) is 9.98 Å². The Morgan fingerprint density at radius 2 is 1.52 bits per heavy atom. The fraction of sp³-hybridized carbons (Fsp3) is 0.462. The van der Waals surface area contributed by atoms with E-state index in [1.165, 1.54) is 93.0 Å². The van der Waals surface area contributed by atoms with Crippen molar-refractivity contribution in [2.24, 2.45) is 49.9 Å². The predicted octanol–water partition coefficient (Wildman–Crippen LogP) is 9.35. The summed E-state index contributed by atoms with van der Waals surface area (Å²) in [5.41, 5.74) is 6.61. The number of phenolic OH excluding ortho intramolecular Hbond substituents is 5. The number of allylic oxidation sites excluding steroid dienone is 1. The number of phenols is 5. The molecule has 0 unspecified atom stereocenters. The van der Waals surface area contributed by atoms with Crippen molar-refractivity contribution in [3.63, 3.8) is 0 Å². The van der Waals surface area contributed by atoms with Gasteiger partial charge in [0.2, 0.25) is 0 Å². The van der Waals surface area contributed by atoms with Crippen LogP contribution >= 0.6 is 0 Å². The molecule has 1 heterocycles. The van der Waals surface area contributed by atoms with E-state index in [-0.39, 0.29) is 62.3 Å². The first-order valence-corrected chi connectivity index (χ1v) is 22.8. The van der Waals surface area contributed by atoms with Gasteiger partial charge in [0.15, 0.2) is 23.0 Å². The molecule has 0 saturated heterocycles. The zero-order valence-corrected chi connectivity index (χ0v) is 34.7. The minimum atomic E-state index is -0.482. The number of aromatic hydroxyl groups is 5. The maximum absolute atomic E-state index is 12.4. The highest BCUT2D eigenvalue weighted by Gasteiger charge is 2.78. The van der Waals surface area contributed by atoms with E-state index in [0.717, 1.165) is 24.9 Å². The lowest BCUT2D eigenvalue weighted by atomic mass is 9.33. The third-order valence-corrected chi connectivity index (χ3v) is 17.3. The van der Waals surface area contributed by atoms with Crippen LogP contribution in [0.5, 0.6) is 28.7 Å². The molecule has 0 radical (unpaired) electrons. The van der Waals surface area contributed by atoms with Crippen molar-refractivity contribution in [2.75, 3.05) is 6.67 Å². The normalized spacial score (nSPS) is 33.4. The average Bonchev–Trinajstić information content (AvgIpc) is 3.99. The zero-order chi connectivity index (χ0) is 41.7. The molecule has 61 heavy (non-hydrogen) atoms. The minimum Gasteiger partial charge on any atom is -0.507 e. The van der Waals surface area contributed by atoms with E-state index < -0.39 is 6.10 Å². The van der Waals surface area contributed by atoms with Gasteiger partial charge in [0.25, 0.3) is 0 Å². The van der Waals surface area contributed by atoms with Gasteiger partial charge in [0, 0.05) is 29.5 Å². The van der Waals surface area contributed by atoms with Crippen LogP contribution in [0.25, 0.3) is 22.9 Å². The molecule has 0 bridgehead atoms. The minimum absolute atomic E-state index is 0.109. The lowest BCUT2D eigenvalue weighted by molar-refractivity contribution is -0.202. The summed E-state index contributed by atoms with van der Waals surface area (Å²) >= 11 is 0. The average molecular weight is 820 g/mol. The molecule has 7 N–H and O–H groups in total. The molecule has 0 amide bonds. The highest BCUT2D eigenvalue weighted by atomic mass is 16.3. The van der Waals surface area contributed by atoms with Crippen molar-refractivity contribution in [1.29, 1.82) is 0 Å². The topological polar surface area (TPSA) is 158 Å². The van der Waals surface area contributed by atoms with Gasteiger partial charge in [-0.05, 0) is 151 Å². The molecule has 6 aliphatic carbocycles. The molecule has 0 aromatic heterocycles. The first-order valence-electron chi connectivity index (χ1n) is 22.8. The molecule has 11 rings (SSSR count). The monoisotopic (exact) mass is 819 g/mol. The van der Waals surface area contributed by atoms with Gasteiger partial charge in [0.1, 0.15) is 12.4 Å². The number of benzene rings is 4. The molecule has 4 aromatic rings. The standard InChI is InChI=1S/C52H57N3O6/c56-40-21-12-31(27-43(40)59)11-18-36-37-4-1-5-41(57)45(37)47(61)46(60)38(36)19-10-30-6-8-32(9-7-30)28-53-44-23-17-35-14-13-34-15-20-39-49(55-29-54-39)52(44)48-42(58)22-16-33-3-2-24-50(33,48)25-26-51(34,35)52/h1,4-9,11-12,16,18,21-22,27,33-35,42,44,48,53,56-61H,2-3,10,13-15,17,19-20,23-26,28-29H2/t33-,34-,35-,42+,44+,48+,50+,51-,52-/m1/s1. The Bertz CT molecular complexity index is 2540. The van der Waals surface area contributed by atoms with Crippen LogP contribution in [0.4, 0.5) is 0 Å². The molecule has 5 saturated carbocycles. The van der Waals surface area contributed by atoms with E-state index in [0.29, 0.717) is 59.3 Å². The third kappa shape index (κ3) is 5.58. The Balaban J connectivity index is 0.893. The molecular weight excluding hydrogens is 763 g/mol. The van der Waals surface area contributed by atoms with E-state index in [2.05, 4.69) is 41.7 Å². The number of fused-ring (bicyclic) bond motifs is 2. The fourth-order valence-electron chi connectivity index (χ4n) is 15.1. The second-order valence-electron chi connectivity index (χ2n) is 19.5. The molecule has 7 aliphatic rings.